The lowest BCUT2D eigenvalue weighted by Crippen LogP contribution is -2.06. The first-order valence-electron chi connectivity index (χ1n) is 7.85. The van der Waals surface area contributed by atoms with Gasteiger partial charge in [0.05, 0.1) is 16.0 Å². The van der Waals surface area contributed by atoms with E-state index in [4.69, 9.17) is 11.6 Å². The van der Waals surface area contributed by atoms with E-state index in [0.29, 0.717) is 5.82 Å². The first-order chi connectivity index (χ1) is 12.9. The third-order valence-corrected chi connectivity index (χ3v) is 5.34. The second kappa shape index (κ2) is 6.83. The van der Waals surface area contributed by atoms with Gasteiger partial charge < -0.3 is 5.32 Å². The molecule has 0 fully saturated rings. The molecule has 2 aromatic heterocycles. The van der Waals surface area contributed by atoms with Gasteiger partial charge in [-0.3, -0.25) is 0 Å². The number of alkyl halides is 3. The fraction of sp³-hybridized carbons (Fsp3) is 0.0526. The van der Waals surface area contributed by atoms with Crippen LogP contribution in [0.5, 0.6) is 0 Å². The molecule has 0 aliphatic heterocycles. The Morgan fingerprint density at radius 2 is 1.74 bits per heavy atom. The zero-order chi connectivity index (χ0) is 19.0. The molecule has 27 heavy (non-hydrogen) atoms. The van der Waals surface area contributed by atoms with Gasteiger partial charge in [-0.05, 0) is 29.8 Å². The molecular weight excluding hydrogens is 395 g/mol. The van der Waals surface area contributed by atoms with Crippen molar-refractivity contribution in [3.63, 3.8) is 0 Å². The number of nitrogens with zero attached hydrogens (tertiary/aromatic N) is 2. The molecule has 1 N–H and O–H groups in total. The Morgan fingerprint density at radius 3 is 2.48 bits per heavy atom. The number of aromatic nitrogens is 2. The fourth-order valence-corrected chi connectivity index (χ4v) is 3.89. The van der Waals surface area contributed by atoms with Crippen LogP contribution >= 0.6 is 22.9 Å². The quantitative estimate of drug-likeness (QED) is 0.408. The molecule has 0 amide bonds. The largest absolute Gasteiger partial charge is 0.417 e. The van der Waals surface area contributed by atoms with Crippen LogP contribution in [0, 0.1) is 0 Å². The lowest BCUT2D eigenvalue weighted by atomic mass is 10.1. The number of hydrogen-bond donors (Lipinski definition) is 1. The molecule has 0 spiro atoms. The van der Waals surface area contributed by atoms with E-state index in [1.807, 2.05) is 36.4 Å². The standard InChI is InChI=1S/C19H11ClF3N3S/c20-15-7-6-12(8-14(15)19(21,22)23)26-17-13-9-16(11-4-2-1-3-5-11)27-18(13)25-10-24-17/h1-10H,(H,24,25,26). The van der Waals surface area contributed by atoms with Crippen molar-refractivity contribution in [2.45, 2.75) is 6.18 Å². The minimum atomic E-state index is -4.53. The van der Waals surface area contributed by atoms with E-state index < -0.39 is 11.7 Å². The van der Waals surface area contributed by atoms with Crippen LogP contribution in [-0.4, -0.2) is 9.97 Å². The summed E-state index contributed by atoms with van der Waals surface area (Å²) in [6.45, 7) is 0. The minimum absolute atomic E-state index is 0.249. The minimum Gasteiger partial charge on any atom is -0.340 e. The highest BCUT2D eigenvalue weighted by Crippen LogP contribution is 2.38. The molecule has 0 atom stereocenters. The average molecular weight is 406 g/mol. The summed E-state index contributed by atoms with van der Waals surface area (Å²) in [4.78, 5) is 10.2. The highest BCUT2D eigenvalue weighted by atomic mass is 35.5. The SMILES string of the molecule is FC(F)(F)c1cc(Nc2ncnc3sc(-c4ccccc4)cc23)ccc1Cl. The number of rotatable bonds is 3. The van der Waals surface area contributed by atoms with Gasteiger partial charge in [-0.2, -0.15) is 13.2 Å². The van der Waals surface area contributed by atoms with Gasteiger partial charge in [0.25, 0.3) is 0 Å². The highest BCUT2D eigenvalue weighted by Gasteiger charge is 2.33. The maximum absolute atomic E-state index is 13.1. The third-order valence-electron chi connectivity index (χ3n) is 3.92. The van der Waals surface area contributed by atoms with Crippen LogP contribution in [0.15, 0.2) is 60.9 Å². The number of halogens is 4. The maximum Gasteiger partial charge on any atom is 0.417 e. The topological polar surface area (TPSA) is 37.8 Å². The Kier molecular flexibility index (Phi) is 4.49. The van der Waals surface area contributed by atoms with Crippen LogP contribution in [0.2, 0.25) is 5.02 Å². The fourth-order valence-electron chi connectivity index (χ4n) is 2.66. The third kappa shape index (κ3) is 3.61. The Hall–Kier alpha value is -2.64. The summed E-state index contributed by atoms with van der Waals surface area (Å²) in [7, 11) is 0. The molecule has 0 saturated carbocycles. The predicted molar refractivity (Wildman–Crippen MR) is 103 cm³/mol. The summed E-state index contributed by atoms with van der Waals surface area (Å²) in [5, 5.41) is 3.34. The van der Waals surface area contributed by atoms with Crippen LogP contribution in [0.25, 0.3) is 20.7 Å². The number of anilines is 2. The van der Waals surface area contributed by atoms with E-state index in [1.54, 1.807) is 0 Å². The van der Waals surface area contributed by atoms with Crippen LogP contribution < -0.4 is 5.32 Å². The van der Waals surface area contributed by atoms with Crippen molar-refractivity contribution in [2.24, 2.45) is 0 Å². The van der Waals surface area contributed by atoms with Crippen LogP contribution in [0.3, 0.4) is 0 Å². The summed E-state index contributed by atoms with van der Waals surface area (Å²) >= 11 is 7.17. The Labute approximate surface area is 161 Å². The zero-order valence-electron chi connectivity index (χ0n) is 13.6. The van der Waals surface area contributed by atoms with Crippen molar-refractivity contribution in [1.29, 1.82) is 0 Å². The van der Waals surface area contributed by atoms with Gasteiger partial charge in [-0.1, -0.05) is 41.9 Å². The van der Waals surface area contributed by atoms with Gasteiger partial charge in [0.1, 0.15) is 17.0 Å². The second-order valence-corrected chi connectivity index (χ2v) is 7.17. The molecular formula is C19H11ClF3N3S. The maximum atomic E-state index is 13.1. The van der Waals surface area contributed by atoms with Gasteiger partial charge in [0.15, 0.2) is 0 Å². The smallest absolute Gasteiger partial charge is 0.340 e. The first-order valence-corrected chi connectivity index (χ1v) is 9.05. The van der Waals surface area contributed by atoms with Crippen molar-refractivity contribution in [3.8, 4) is 10.4 Å². The molecule has 0 saturated heterocycles. The van der Waals surface area contributed by atoms with Gasteiger partial charge >= 0.3 is 6.18 Å². The van der Waals surface area contributed by atoms with E-state index >= 15 is 0 Å². The Balaban J connectivity index is 1.74. The van der Waals surface area contributed by atoms with Crippen LogP contribution in [0.4, 0.5) is 24.7 Å². The summed E-state index contributed by atoms with van der Waals surface area (Å²) in [5.41, 5.74) is 0.395. The lowest BCUT2D eigenvalue weighted by molar-refractivity contribution is -0.137. The van der Waals surface area contributed by atoms with Gasteiger partial charge in [0, 0.05) is 10.6 Å². The summed E-state index contributed by atoms with van der Waals surface area (Å²) < 4.78 is 39.2. The molecule has 4 rings (SSSR count). The van der Waals surface area contributed by atoms with Gasteiger partial charge in [-0.25, -0.2) is 9.97 Å². The second-order valence-electron chi connectivity index (χ2n) is 5.74. The molecule has 0 aliphatic rings. The number of fused-ring (bicyclic) bond motifs is 1. The molecule has 3 nitrogen and oxygen atoms in total. The molecule has 0 aliphatic carbocycles. The van der Waals surface area contributed by atoms with Crippen molar-refractivity contribution in [3.05, 3.63) is 71.5 Å². The number of hydrogen-bond acceptors (Lipinski definition) is 4. The molecule has 2 aromatic carbocycles. The van der Waals surface area contributed by atoms with E-state index in [-0.39, 0.29) is 10.7 Å². The molecule has 0 unspecified atom stereocenters. The molecule has 4 aromatic rings. The van der Waals surface area contributed by atoms with Crippen molar-refractivity contribution in [1.82, 2.24) is 9.97 Å². The monoisotopic (exact) mass is 405 g/mol. The van der Waals surface area contributed by atoms with Crippen molar-refractivity contribution >= 4 is 44.7 Å². The van der Waals surface area contributed by atoms with E-state index in [9.17, 15) is 13.2 Å². The van der Waals surface area contributed by atoms with Crippen molar-refractivity contribution in [2.75, 3.05) is 5.32 Å². The zero-order valence-corrected chi connectivity index (χ0v) is 15.2. The number of benzene rings is 2. The number of thiophene rings is 1. The summed E-state index contributed by atoms with van der Waals surface area (Å²) in [6, 6.07) is 15.4. The lowest BCUT2D eigenvalue weighted by Gasteiger charge is -2.12. The summed E-state index contributed by atoms with van der Waals surface area (Å²) in [6.07, 6.45) is -3.14. The van der Waals surface area contributed by atoms with Gasteiger partial charge in [-0.15, -0.1) is 11.3 Å². The summed E-state index contributed by atoms with van der Waals surface area (Å²) in [5.74, 6) is 0.439. The molecule has 8 heteroatoms. The normalized spacial score (nSPS) is 11.7. The van der Waals surface area contributed by atoms with Crippen LogP contribution in [0.1, 0.15) is 5.56 Å². The Bertz CT molecular complexity index is 1110. The number of nitrogens with one attached hydrogen (secondary N) is 1. The van der Waals surface area contributed by atoms with Crippen LogP contribution in [-0.2, 0) is 6.18 Å². The predicted octanol–water partition coefficient (Wildman–Crippen LogP) is 6.77. The molecule has 0 bridgehead atoms. The van der Waals surface area contributed by atoms with E-state index in [1.165, 1.54) is 29.8 Å². The molecule has 0 radical (unpaired) electrons. The highest BCUT2D eigenvalue weighted by molar-refractivity contribution is 7.21. The molecule has 136 valence electrons. The average Bonchev–Trinajstić information content (AvgIpc) is 3.08. The Morgan fingerprint density at radius 1 is 0.963 bits per heavy atom. The molecule has 2 heterocycles. The van der Waals surface area contributed by atoms with Crippen molar-refractivity contribution < 1.29 is 13.2 Å². The van der Waals surface area contributed by atoms with Gasteiger partial charge in [0.2, 0.25) is 0 Å². The first kappa shape index (κ1) is 17.8. The van der Waals surface area contributed by atoms with E-state index in [0.717, 1.165) is 26.7 Å². The van der Waals surface area contributed by atoms with E-state index in [2.05, 4.69) is 15.3 Å².